The van der Waals surface area contributed by atoms with Crippen molar-refractivity contribution in [2.24, 2.45) is 0 Å². The van der Waals surface area contributed by atoms with Crippen LogP contribution in [0.4, 0.5) is 16.3 Å². The zero-order valence-electron chi connectivity index (χ0n) is 13.3. The number of nitrogens with zero attached hydrogens (tertiary/aromatic N) is 2. The van der Waals surface area contributed by atoms with E-state index in [0.29, 0.717) is 31.2 Å². The Balaban J connectivity index is 1.67. The van der Waals surface area contributed by atoms with Gasteiger partial charge in [-0.2, -0.15) is 5.10 Å². The number of nitrogens with one attached hydrogen (secondary N) is 3. The summed E-state index contributed by atoms with van der Waals surface area (Å²) in [5, 5.41) is 16.5. The van der Waals surface area contributed by atoms with Crippen LogP contribution in [-0.2, 0) is 0 Å². The highest BCUT2D eigenvalue weighted by Crippen LogP contribution is 2.15. The monoisotopic (exact) mass is 315 g/mol. The number of anilines is 2. The van der Waals surface area contributed by atoms with Gasteiger partial charge in [-0.05, 0) is 50.2 Å². The highest BCUT2D eigenvalue weighted by atomic mass is 16.5. The van der Waals surface area contributed by atoms with Gasteiger partial charge < -0.3 is 20.7 Å². The number of ether oxygens (including phenoxy) is 1. The van der Waals surface area contributed by atoms with Gasteiger partial charge in [0.25, 0.3) is 0 Å². The summed E-state index contributed by atoms with van der Waals surface area (Å²) >= 11 is 0. The van der Waals surface area contributed by atoms with E-state index in [2.05, 4.69) is 26.1 Å². The molecule has 1 heterocycles. The first-order valence-corrected chi connectivity index (χ1v) is 7.49. The molecule has 0 spiro atoms. The molecule has 3 N–H and O–H groups in total. The Morgan fingerprint density at radius 2 is 1.87 bits per heavy atom. The molecule has 0 aliphatic rings. The predicted octanol–water partition coefficient (Wildman–Crippen LogP) is 2.42. The minimum absolute atomic E-state index is 0.258. The fourth-order valence-electron chi connectivity index (χ4n) is 1.84. The van der Waals surface area contributed by atoms with Crippen LogP contribution in [-0.4, -0.2) is 35.9 Å². The number of urea groups is 1. The van der Waals surface area contributed by atoms with E-state index >= 15 is 0 Å². The maximum absolute atomic E-state index is 11.8. The molecule has 7 heteroatoms. The molecule has 2 amide bonds. The Morgan fingerprint density at radius 1 is 1.09 bits per heavy atom. The second kappa shape index (κ2) is 8.57. The zero-order chi connectivity index (χ0) is 16.5. The highest BCUT2D eigenvalue weighted by Gasteiger charge is 2.01. The van der Waals surface area contributed by atoms with E-state index in [4.69, 9.17) is 4.74 Å². The largest absolute Gasteiger partial charge is 0.494 e. The lowest BCUT2D eigenvalue weighted by Crippen LogP contribution is -2.32. The molecule has 0 atom stereocenters. The van der Waals surface area contributed by atoms with Crippen LogP contribution in [0, 0.1) is 6.92 Å². The molecule has 0 aliphatic carbocycles. The molecule has 1 aromatic heterocycles. The van der Waals surface area contributed by atoms with Crippen molar-refractivity contribution in [2.45, 2.75) is 13.8 Å². The van der Waals surface area contributed by atoms with Crippen LogP contribution in [0.1, 0.15) is 12.6 Å². The van der Waals surface area contributed by atoms with E-state index < -0.39 is 0 Å². The van der Waals surface area contributed by atoms with E-state index in [9.17, 15) is 4.79 Å². The van der Waals surface area contributed by atoms with Crippen LogP contribution >= 0.6 is 0 Å². The molecule has 23 heavy (non-hydrogen) atoms. The van der Waals surface area contributed by atoms with Crippen LogP contribution in [0.15, 0.2) is 36.4 Å². The van der Waals surface area contributed by atoms with E-state index in [1.54, 1.807) is 12.1 Å². The maximum Gasteiger partial charge on any atom is 0.319 e. The molecule has 1 aromatic carbocycles. The van der Waals surface area contributed by atoms with Gasteiger partial charge >= 0.3 is 6.03 Å². The topological polar surface area (TPSA) is 88.2 Å². The molecular weight excluding hydrogens is 294 g/mol. The number of aryl methyl sites for hydroxylation is 1. The van der Waals surface area contributed by atoms with Crippen LogP contribution in [0.25, 0.3) is 0 Å². The fourth-order valence-corrected chi connectivity index (χ4v) is 1.84. The number of amides is 2. The van der Waals surface area contributed by atoms with Crippen molar-refractivity contribution in [2.75, 3.05) is 30.3 Å². The minimum Gasteiger partial charge on any atom is -0.494 e. The van der Waals surface area contributed by atoms with E-state index in [1.165, 1.54) is 0 Å². The zero-order valence-corrected chi connectivity index (χ0v) is 13.3. The van der Waals surface area contributed by atoms with Gasteiger partial charge in [-0.3, -0.25) is 0 Å². The Bertz CT molecular complexity index is 613. The summed E-state index contributed by atoms with van der Waals surface area (Å²) in [6, 6.07) is 10.7. The first-order valence-electron chi connectivity index (χ1n) is 7.49. The van der Waals surface area contributed by atoms with Gasteiger partial charge in [-0.25, -0.2) is 4.79 Å². The van der Waals surface area contributed by atoms with Crippen molar-refractivity contribution in [3.05, 3.63) is 42.1 Å². The molecule has 0 bridgehead atoms. The molecule has 7 nitrogen and oxygen atoms in total. The summed E-state index contributed by atoms with van der Waals surface area (Å²) in [7, 11) is 0. The molecule has 2 aromatic rings. The fraction of sp³-hybridized carbons (Fsp3) is 0.312. The predicted molar refractivity (Wildman–Crippen MR) is 89.9 cm³/mol. The van der Waals surface area contributed by atoms with Gasteiger partial charge in [-0.1, -0.05) is 0 Å². The third-order valence-electron chi connectivity index (χ3n) is 2.94. The second-order valence-corrected chi connectivity index (χ2v) is 4.83. The van der Waals surface area contributed by atoms with Gasteiger partial charge in [0.05, 0.1) is 12.3 Å². The maximum atomic E-state index is 11.8. The van der Waals surface area contributed by atoms with E-state index in [1.807, 2.05) is 38.1 Å². The molecular formula is C16H21N5O2. The number of carbonyl (C=O) groups excluding carboxylic acids is 1. The van der Waals surface area contributed by atoms with Crippen molar-refractivity contribution in [3.8, 4) is 5.75 Å². The molecule has 0 saturated heterocycles. The minimum atomic E-state index is -0.258. The Labute approximate surface area is 135 Å². The number of benzene rings is 1. The average Bonchev–Trinajstić information content (AvgIpc) is 2.55. The second-order valence-electron chi connectivity index (χ2n) is 4.83. The van der Waals surface area contributed by atoms with Gasteiger partial charge in [0, 0.05) is 18.8 Å². The smallest absolute Gasteiger partial charge is 0.319 e. The van der Waals surface area contributed by atoms with Crippen LogP contribution < -0.4 is 20.7 Å². The van der Waals surface area contributed by atoms with Gasteiger partial charge in [0.15, 0.2) is 0 Å². The number of aromatic nitrogens is 2. The van der Waals surface area contributed by atoms with Gasteiger partial charge in [0.2, 0.25) is 0 Å². The summed E-state index contributed by atoms with van der Waals surface area (Å²) in [5.74, 6) is 1.46. The molecule has 0 aliphatic heterocycles. The van der Waals surface area contributed by atoms with Crippen molar-refractivity contribution >= 4 is 17.5 Å². The third-order valence-corrected chi connectivity index (χ3v) is 2.94. The van der Waals surface area contributed by atoms with Crippen LogP contribution in [0.2, 0.25) is 0 Å². The Hall–Kier alpha value is -2.83. The summed E-state index contributed by atoms with van der Waals surface area (Å²) in [6.45, 7) is 5.46. The summed E-state index contributed by atoms with van der Waals surface area (Å²) in [6.07, 6.45) is 0. The molecule has 0 fully saturated rings. The summed E-state index contributed by atoms with van der Waals surface area (Å²) < 4.78 is 5.35. The molecule has 0 unspecified atom stereocenters. The van der Waals surface area contributed by atoms with Gasteiger partial charge in [-0.15, -0.1) is 5.10 Å². The number of hydrogen-bond acceptors (Lipinski definition) is 5. The van der Waals surface area contributed by atoms with Crippen molar-refractivity contribution < 1.29 is 9.53 Å². The molecule has 0 radical (unpaired) electrons. The summed E-state index contributed by atoms with van der Waals surface area (Å²) in [4.78, 5) is 11.8. The quantitative estimate of drug-likeness (QED) is 0.683. The third kappa shape index (κ3) is 5.82. The van der Waals surface area contributed by atoms with Crippen molar-refractivity contribution in [1.29, 1.82) is 0 Å². The van der Waals surface area contributed by atoms with E-state index in [0.717, 1.165) is 11.4 Å². The number of rotatable bonds is 7. The first kappa shape index (κ1) is 16.5. The van der Waals surface area contributed by atoms with Crippen molar-refractivity contribution in [3.63, 3.8) is 0 Å². The SMILES string of the molecule is CCOc1ccc(NC(=O)NCCNc2ccc(C)nn2)cc1. The standard InChI is InChI=1S/C16H21N5O2/c1-3-23-14-7-5-13(6-8-14)19-16(22)18-11-10-17-15-9-4-12(2)20-21-15/h4-9H,3,10-11H2,1-2H3,(H,17,21)(H2,18,19,22). The lowest BCUT2D eigenvalue weighted by molar-refractivity contribution is 0.252. The number of carbonyl (C=O) groups is 1. The van der Waals surface area contributed by atoms with E-state index in [-0.39, 0.29) is 6.03 Å². The molecule has 0 saturated carbocycles. The average molecular weight is 315 g/mol. The lowest BCUT2D eigenvalue weighted by Gasteiger charge is -2.09. The normalized spacial score (nSPS) is 10.0. The Morgan fingerprint density at radius 3 is 2.52 bits per heavy atom. The van der Waals surface area contributed by atoms with Crippen molar-refractivity contribution in [1.82, 2.24) is 15.5 Å². The molecule has 122 valence electrons. The summed E-state index contributed by atoms with van der Waals surface area (Å²) in [5.41, 5.74) is 1.58. The van der Waals surface area contributed by atoms with Crippen LogP contribution in [0.3, 0.4) is 0 Å². The van der Waals surface area contributed by atoms with Crippen LogP contribution in [0.5, 0.6) is 5.75 Å². The van der Waals surface area contributed by atoms with Gasteiger partial charge in [0.1, 0.15) is 11.6 Å². The highest BCUT2D eigenvalue weighted by molar-refractivity contribution is 5.89. The first-order chi connectivity index (χ1) is 11.2. The lowest BCUT2D eigenvalue weighted by atomic mass is 10.3. The molecule has 2 rings (SSSR count). The number of hydrogen-bond donors (Lipinski definition) is 3. The Kier molecular flexibility index (Phi) is 6.17.